The fraction of sp³-hybridized carbons (Fsp3) is 0.400. The lowest BCUT2D eigenvalue weighted by atomic mass is 10.2. The summed E-state index contributed by atoms with van der Waals surface area (Å²) < 4.78 is 0. The maximum atomic E-state index is 5.67. The van der Waals surface area contributed by atoms with Crippen LogP contribution in [0.1, 0.15) is 28.8 Å². The molecule has 3 nitrogen and oxygen atoms in total. The second kappa shape index (κ2) is 5.31. The molecule has 0 saturated heterocycles. The normalized spacial score (nSPS) is 14.6. The number of thiophene rings is 1. The van der Waals surface area contributed by atoms with Gasteiger partial charge in [-0.1, -0.05) is 6.07 Å². The molecule has 1 aliphatic rings. The van der Waals surface area contributed by atoms with E-state index in [1.165, 1.54) is 23.3 Å². The van der Waals surface area contributed by atoms with Gasteiger partial charge in [0.1, 0.15) is 5.82 Å². The highest BCUT2D eigenvalue weighted by molar-refractivity contribution is 7.09. The summed E-state index contributed by atoms with van der Waals surface area (Å²) in [4.78, 5) is 8.49. The molecule has 0 unspecified atom stereocenters. The fourth-order valence-electron chi connectivity index (χ4n) is 2.37. The van der Waals surface area contributed by atoms with Crippen LogP contribution >= 0.6 is 11.3 Å². The molecule has 1 fully saturated rings. The fourth-order valence-corrected chi connectivity index (χ4v) is 3.07. The maximum Gasteiger partial charge on any atom is 0.132 e. The summed E-state index contributed by atoms with van der Waals surface area (Å²) in [5.74, 6) is 1.12. The molecular weight excluding hydrogens is 254 g/mol. The largest absolute Gasteiger partial charge is 0.348 e. The lowest BCUT2D eigenvalue weighted by Crippen LogP contribution is -2.26. The number of hydrogen-bond acceptors (Lipinski definition) is 4. The van der Waals surface area contributed by atoms with E-state index in [2.05, 4.69) is 40.4 Å². The molecule has 2 aromatic rings. The van der Waals surface area contributed by atoms with Gasteiger partial charge in [0.2, 0.25) is 0 Å². The summed E-state index contributed by atoms with van der Waals surface area (Å²) in [5, 5.41) is 2.14. The summed E-state index contributed by atoms with van der Waals surface area (Å²) in [7, 11) is 0. The monoisotopic (exact) mass is 273 g/mol. The molecule has 0 amide bonds. The molecule has 1 aliphatic carbocycles. The number of anilines is 1. The molecule has 2 aromatic heterocycles. The van der Waals surface area contributed by atoms with Crippen molar-refractivity contribution in [1.82, 2.24) is 4.98 Å². The predicted molar refractivity (Wildman–Crippen MR) is 80.4 cm³/mol. The standard InChI is InChI=1S/C15H19N3S/c1-11-7-12(8-16)9-17-15(11)18(13-4-5-13)10-14-3-2-6-19-14/h2-3,6-7,9,13H,4-5,8,10,16H2,1H3. The van der Waals surface area contributed by atoms with Crippen molar-refractivity contribution in [3.63, 3.8) is 0 Å². The Morgan fingerprint density at radius 3 is 2.89 bits per heavy atom. The first kappa shape index (κ1) is 12.6. The van der Waals surface area contributed by atoms with Crippen molar-refractivity contribution in [3.8, 4) is 0 Å². The average molecular weight is 273 g/mol. The van der Waals surface area contributed by atoms with Gasteiger partial charge in [0.25, 0.3) is 0 Å². The SMILES string of the molecule is Cc1cc(CN)cnc1N(Cc1cccs1)C1CC1. The van der Waals surface area contributed by atoms with Gasteiger partial charge in [-0.2, -0.15) is 0 Å². The Kier molecular flexibility index (Phi) is 3.53. The van der Waals surface area contributed by atoms with Crippen molar-refractivity contribution in [2.24, 2.45) is 5.73 Å². The maximum absolute atomic E-state index is 5.67. The van der Waals surface area contributed by atoms with Gasteiger partial charge in [-0.3, -0.25) is 0 Å². The number of aryl methyl sites for hydroxylation is 1. The number of aromatic nitrogens is 1. The van der Waals surface area contributed by atoms with Crippen molar-refractivity contribution in [2.45, 2.75) is 38.9 Å². The van der Waals surface area contributed by atoms with E-state index in [4.69, 9.17) is 5.73 Å². The predicted octanol–water partition coefficient (Wildman–Crippen LogP) is 3.08. The summed E-state index contributed by atoms with van der Waals surface area (Å²) in [6, 6.07) is 7.13. The quantitative estimate of drug-likeness (QED) is 0.910. The van der Waals surface area contributed by atoms with E-state index in [0.717, 1.165) is 17.9 Å². The van der Waals surface area contributed by atoms with Crippen LogP contribution in [0.4, 0.5) is 5.82 Å². The van der Waals surface area contributed by atoms with Gasteiger partial charge in [-0.15, -0.1) is 11.3 Å². The number of hydrogen-bond donors (Lipinski definition) is 1. The smallest absolute Gasteiger partial charge is 0.132 e. The average Bonchev–Trinajstić information content (AvgIpc) is 3.14. The molecule has 0 atom stereocenters. The Labute approximate surface area is 118 Å². The van der Waals surface area contributed by atoms with Crippen molar-refractivity contribution < 1.29 is 0 Å². The van der Waals surface area contributed by atoms with Gasteiger partial charge in [0.05, 0.1) is 6.54 Å². The topological polar surface area (TPSA) is 42.1 Å². The van der Waals surface area contributed by atoms with Crippen molar-refractivity contribution >= 4 is 17.2 Å². The highest BCUT2D eigenvalue weighted by atomic mass is 32.1. The molecule has 19 heavy (non-hydrogen) atoms. The van der Waals surface area contributed by atoms with Crippen LogP contribution in [0.15, 0.2) is 29.8 Å². The molecular formula is C15H19N3S. The van der Waals surface area contributed by atoms with Crippen molar-refractivity contribution in [2.75, 3.05) is 4.90 Å². The van der Waals surface area contributed by atoms with E-state index in [-0.39, 0.29) is 0 Å². The van der Waals surface area contributed by atoms with Gasteiger partial charge >= 0.3 is 0 Å². The molecule has 0 aromatic carbocycles. The molecule has 4 heteroatoms. The Bertz CT molecular complexity index is 547. The van der Waals surface area contributed by atoms with Gasteiger partial charge in [-0.05, 0) is 48.4 Å². The molecule has 100 valence electrons. The second-order valence-electron chi connectivity index (χ2n) is 5.13. The summed E-state index contributed by atoms with van der Waals surface area (Å²) in [6.45, 7) is 3.66. The van der Waals surface area contributed by atoms with Crippen LogP contribution in [-0.4, -0.2) is 11.0 Å². The molecule has 2 N–H and O–H groups in total. The molecule has 0 aliphatic heterocycles. The first-order valence-electron chi connectivity index (χ1n) is 6.72. The second-order valence-corrected chi connectivity index (χ2v) is 6.16. The van der Waals surface area contributed by atoms with Gasteiger partial charge in [0, 0.05) is 23.7 Å². The molecule has 0 radical (unpaired) electrons. The Balaban J connectivity index is 1.87. The van der Waals surface area contributed by atoms with E-state index in [1.54, 1.807) is 0 Å². The third kappa shape index (κ3) is 2.80. The molecule has 0 bridgehead atoms. The van der Waals surface area contributed by atoms with E-state index in [9.17, 15) is 0 Å². The molecule has 3 rings (SSSR count). The molecule has 1 saturated carbocycles. The van der Waals surface area contributed by atoms with Crippen LogP contribution in [0.2, 0.25) is 0 Å². The van der Waals surface area contributed by atoms with Crippen LogP contribution in [0.25, 0.3) is 0 Å². The minimum Gasteiger partial charge on any atom is -0.348 e. The van der Waals surface area contributed by atoms with Gasteiger partial charge < -0.3 is 10.6 Å². The highest BCUT2D eigenvalue weighted by Gasteiger charge is 2.31. The van der Waals surface area contributed by atoms with Crippen molar-refractivity contribution in [3.05, 3.63) is 45.8 Å². The van der Waals surface area contributed by atoms with E-state index in [1.807, 2.05) is 17.5 Å². The first-order valence-corrected chi connectivity index (χ1v) is 7.60. The Hall–Kier alpha value is -1.39. The molecule has 2 heterocycles. The Morgan fingerprint density at radius 1 is 1.47 bits per heavy atom. The first-order chi connectivity index (χ1) is 9.28. The summed E-state index contributed by atoms with van der Waals surface area (Å²) in [5.41, 5.74) is 8.01. The molecule has 0 spiro atoms. The minimum absolute atomic E-state index is 0.558. The van der Waals surface area contributed by atoms with Crippen LogP contribution in [0.5, 0.6) is 0 Å². The van der Waals surface area contributed by atoms with Crippen molar-refractivity contribution in [1.29, 1.82) is 0 Å². The lowest BCUT2D eigenvalue weighted by Gasteiger charge is -2.25. The number of nitrogens with zero attached hydrogens (tertiary/aromatic N) is 2. The van der Waals surface area contributed by atoms with E-state index >= 15 is 0 Å². The Morgan fingerprint density at radius 2 is 2.32 bits per heavy atom. The summed E-state index contributed by atoms with van der Waals surface area (Å²) in [6.07, 6.45) is 4.47. The van der Waals surface area contributed by atoms with Crippen LogP contribution in [-0.2, 0) is 13.1 Å². The number of rotatable bonds is 5. The zero-order valence-electron chi connectivity index (χ0n) is 11.2. The van der Waals surface area contributed by atoms with E-state index in [0.29, 0.717) is 12.6 Å². The van der Waals surface area contributed by atoms with E-state index < -0.39 is 0 Å². The summed E-state index contributed by atoms with van der Waals surface area (Å²) >= 11 is 1.82. The lowest BCUT2D eigenvalue weighted by molar-refractivity contribution is 0.780. The zero-order chi connectivity index (χ0) is 13.2. The van der Waals surface area contributed by atoms with Crippen LogP contribution in [0.3, 0.4) is 0 Å². The highest BCUT2D eigenvalue weighted by Crippen LogP contribution is 2.34. The van der Waals surface area contributed by atoms with Gasteiger partial charge in [0.15, 0.2) is 0 Å². The number of nitrogens with two attached hydrogens (primary N) is 1. The number of pyridine rings is 1. The third-order valence-electron chi connectivity index (χ3n) is 3.51. The third-order valence-corrected chi connectivity index (χ3v) is 4.37. The minimum atomic E-state index is 0.558. The van der Waals surface area contributed by atoms with Crippen LogP contribution in [0, 0.1) is 6.92 Å². The zero-order valence-corrected chi connectivity index (χ0v) is 12.0. The van der Waals surface area contributed by atoms with Gasteiger partial charge in [-0.25, -0.2) is 4.98 Å². The van der Waals surface area contributed by atoms with Crippen LogP contribution < -0.4 is 10.6 Å².